The highest BCUT2D eigenvalue weighted by atomic mass is 32.2. The van der Waals surface area contributed by atoms with E-state index in [1.165, 1.54) is 33.6 Å². The highest BCUT2D eigenvalue weighted by molar-refractivity contribution is 8.00. The summed E-state index contributed by atoms with van der Waals surface area (Å²) < 4.78 is 0.845. The number of hydrogen-bond donors (Lipinski definition) is 1. The smallest absolute Gasteiger partial charge is 0.257 e. The van der Waals surface area contributed by atoms with E-state index in [-0.39, 0.29) is 11.3 Å². The average molecular weight is 412 g/mol. The maximum absolute atomic E-state index is 12.5. The van der Waals surface area contributed by atoms with Gasteiger partial charge in [0.25, 0.3) is 5.91 Å². The normalized spacial score (nSPS) is 11.5. The van der Waals surface area contributed by atoms with Crippen molar-refractivity contribution < 1.29 is 4.79 Å². The number of nitrogens with one attached hydrogen (secondary N) is 1. The van der Waals surface area contributed by atoms with Gasteiger partial charge >= 0.3 is 0 Å². The molecular formula is C22H25N3OS2. The third kappa shape index (κ3) is 5.42. The summed E-state index contributed by atoms with van der Waals surface area (Å²) in [5.74, 6) is 0.668. The fraction of sp³-hybridized carbons (Fsp3) is 0.318. The number of aromatic nitrogens is 2. The zero-order valence-electron chi connectivity index (χ0n) is 16.9. The first-order valence-electron chi connectivity index (χ1n) is 9.16. The van der Waals surface area contributed by atoms with E-state index < -0.39 is 0 Å². The summed E-state index contributed by atoms with van der Waals surface area (Å²) >= 11 is 3.03. The first-order chi connectivity index (χ1) is 13.2. The molecule has 3 aromatic rings. The number of aryl methyl sites for hydroxylation is 2. The molecule has 0 aliphatic carbocycles. The Morgan fingerprint density at radius 3 is 2.29 bits per heavy atom. The van der Waals surface area contributed by atoms with Gasteiger partial charge in [-0.3, -0.25) is 10.1 Å². The molecule has 0 radical (unpaired) electrons. The zero-order valence-corrected chi connectivity index (χ0v) is 18.5. The summed E-state index contributed by atoms with van der Waals surface area (Å²) in [4.78, 5) is 12.5. The molecule has 1 heterocycles. The van der Waals surface area contributed by atoms with Crippen LogP contribution in [0.3, 0.4) is 0 Å². The van der Waals surface area contributed by atoms with Crippen molar-refractivity contribution in [2.24, 2.45) is 0 Å². The highest BCUT2D eigenvalue weighted by Gasteiger charge is 2.15. The molecule has 0 aliphatic heterocycles. The number of anilines is 1. The molecule has 3 rings (SSSR count). The van der Waals surface area contributed by atoms with Crippen molar-refractivity contribution in [3.8, 4) is 0 Å². The minimum Gasteiger partial charge on any atom is -0.296 e. The van der Waals surface area contributed by atoms with E-state index in [4.69, 9.17) is 0 Å². The monoisotopic (exact) mass is 411 g/mol. The molecule has 0 saturated carbocycles. The molecule has 0 aliphatic rings. The van der Waals surface area contributed by atoms with Crippen molar-refractivity contribution in [1.29, 1.82) is 0 Å². The van der Waals surface area contributed by atoms with Gasteiger partial charge in [0.2, 0.25) is 5.13 Å². The Morgan fingerprint density at radius 2 is 1.68 bits per heavy atom. The van der Waals surface area contributed by atoms with Gasteiger partial charge in [0.1, 0.15) is 0 Å². The van der Waals surface area contributed by atoms with Crippen LogP contribution in [0, 0.1) is 13.8 Å². The van der Waals surface area contributed by atoms with Gasteiger partial charge in [0.05, 0.1) is 0 Å². The molecule has 0 fully saturated rings. The average Bonchev–Trinajstić information content (AvgIpc) is 3.06. The Morgan fingerprint density at radius 1 is 1.04 bits per heavy atom. The summed E-state index contributed by atoms with van der Waals surface area (Å²) in [6, 6.07) is 14.2. The van der Waals surface area contributed by atoms with E-state index in [1.807, 2.05) is 24.3 Å². The molecule has 0 atom stereocenters. The van der Waals surface area contributed by atoms with Gasteiger partial charge in [0.15, 0.2) is 4.34 Å². The molecule has 0 unspecified atom stereocenters. The largest absolute Gasteiger partial charge is 0.296 e. The third-order valence-corrected chi connectivity index (χ3v) is 6.33. The van der Waals surface area contributed by atoms with Crippen molar-refractivity contribution in [2.45, 2.75) is 50.1 Å². The number of carbonyl (C=O) groups is 1. The van der Waals surface area contributed by atoms with Crippen LogP contribution in [0.5, 0.6) is 0 Å². The van der Waals surface area contributed by atoms with Crippen LogP contribution in [0.15, 0.2) is 46.8 Å². The molecule has 1 aromatic heterocycles. The van der Waals surface area contributed by atoms with Crippen molar-refractivity contribution in [2.75, 3.05) is 5.32 Å². The van der Waals surface area contributed by atoms with Crippen LogP contribution < -0.4 is 5.32 Å². The lowest BCUT2D eigenvalue weighted by atomic mass is 9.87. The van der Waals surface area contributed by atoms with Crippen LogP contribution in [-0.2, 0) is 11.2 Å². The summed E-state index contributed by atoms with van der Waals surface area (Å²) in [5.41, 5.74) is 5.67. The van der Waals surface area contributed by atoms with Gasteiger partial charge in [-0.1, -0.05) is 85.3 Å². The summed E-state index contributed by atoms with van der Waals surface area (Å²) in [5, 5.41) is 11.7. The van der Waals surface area contributed by atoms with Crippen molar-refractivity contribution in [3.63, 3.8) is 0 Å². The Labute approximate surface area is 174 Å². The SMILES string of the molecule is Cc1cc(C)cc(CSc2nnc(NC(=O)c3ccc(C(C)(C)C)cc3)s2)c1. The minimum absolute atomic E-state index is 0.0657. The van der Waals surface area contributed by atoms with E-state index in [9.17, 15) is 4.79 Å². The molecule has 6 heteroatoms. The fourth-order valence-electron chi connectivity index (χ4n) is 2.91. The van der Waals surface area contributed by atoms with Gasteiger partial charge in [-0.25, -0.2) is 0 Å². The number of rotatable bonds is 5. The number of hydrogen-bond acceptors (Lipinski definition) is 5. The minimum atomic E-state index is -0.164. The maximum atomic E-state index is 12.5. The Hall–Kier alpha value is -2.18. The van der Waals surface area contributed by atoms with Crippen molar-refractivity contribution in [3.05, 3.63) is 70.3 Å². The number of carbonyl (C=O) groups excluding carboxylic acids is 1. The second-order valence-electron chi connectivity index (χ2n) is 7.94. The molecule has 0 saturated heterocycles. The first kappa shape index (κ1) is 20.6. The molecule has 1 N–H and O–H groups in total. The zero-order chi connectivity index (χ0) is 20.3. The van der Waals surface area contributed by atoms with Gasteiger partial charge in [-0.15, -0.1) is 10.2 Å². The second-order valence-corrected chi connectivity index (χ2v) is 10.1. The molecule has 4 nitrogen and oxygen atoms in total. The summed E-state index contributed by atoms with van der Waals surface area (Å²) in [7, 11) is 0. The Balaban J connectivity index is 1.60. The molecule has 146 valence electrons. The first-order valence-corrected chi connectivity index (χ1v) is 11.0. The predicted octanol–water partition coefficient (Wildman–Crippen LogP) is 6.00. The Bertz CT molecular complexity index is 952. The standard InChI is InChI=1S/C22H25N3OS2/c1-14-10-15(2)12-16(11-14)13-27-21-25-24-20(28-21)23-19(26)17-6-8-18(9-7-17)22(3,4)5/h6-12H,13H2,1-5H3,(H,23,24,26). The van der Waals surface area contributed by atoms with Crippen molar-refractivity contribution >= 4 is 34.1 Å². The maximum Gasteiger partial charge on any atom is 0.257 e. The van der Waals surface area contributed by atoms with Crippen LogP contribution >= 0.6 is 23.1 Å². The lowest BCUT2D eigenvalue weighted by Crippen LogP contribution is -2.14. The molecule has 28 heavy (non-hydrogen) atoms. The van der Waals surface area contributed by atoms with Crippen LogP contribution in [0.4, 0.5) is 5.13 Å². The van der Waals surface area contributed by atoms with Gasteiger partial charge in [-0.05, 0) is 42.5 Å². The predicted molar refractivity (Wildman–Crippen MR) is 118 cm³/mol. The van der Waals surface area contributed by atoms with E-state index in [2.05, 4.69) is 68.3 Å². The molecule has 0 bridgehead atoms. The second kappa shape index (κ2) is 8.45. The van der Waals surface area contributed by atoms with Gasteiger partial charge in [0, 0.05) is 11.3 Å². The van der Waals surface area contributed by atoms with E-state index >= 15 is 0 Å². The van der Waals surface area contributed by atoms with E-state index in [1.54, 1.807) is 11.8 Å². The topological polar surface area (TPSA) is 54.9 Å². The van der Waals surface area contributed by atoms with Crippen LogP contribution in [0.25, 0.3) is 0 Å². The fourth-order valence-corrected chi connectivity index (χ4v) is 4.58. The number of nitrogens with zero attached hydrogens (tertiary/aromatic N) is 2. The lowest BCUT2D eigenvalue weighted by Gasteiger charge is -2.18. The lowest BCUT2D eigenvalue weighted by molar-refractivity contribution is 0.102. The molecular weight excluding hydrogens is 386 g/mol. The number of thioether (sulfide) groups is 1. The molecule has 1 amide bonds. The third-order valence-electron chi connectivity index (χ3n) is 4.28. The molecule has 2 aromatic carbocycles. The number of amides is 1. The van der Waals surface area contributed by atoms with Crippen molar-refractivity contribution in [1.82, 2.24) is 10.2 Å². The van der Waals surface area contributed by atoms with Crippen LogP contribution in [0.1, 0.15) is 53.4 Å². The highest BCUT2D eigenvalue weighted by Crippen LogP contribution is 2.29. The quantitative estimate of drug-likeness (QED) is 0.413. The number of benzene rings is 2. The van der Waals surface area contributed by atoms with Gasteiger partial charge < -0.3 is 0 Å². The van der Waals surface area contributed by atoms with Gasteiger partial charge in [-0.2, -0.15) is 0 Å². The van der Waals surface area contributed by atoms with Crippen LogP contribution in [0.2, 0.25) is 0 Å². The summed E-state index contributed by atoms with van der Waals surface area (Å²) in [6.45, 7) is 10.7. The Kier molecular flexibility index (Phi) is 6.20. The van der Waals surface area contributed by atoms with E-state index in [0.29, 0.717) is 10.7 Å². The molecule has 0 spiro atoms. The van der Waals surface area contributed by atoms with E-state index in [0.717, 1.165) is 10.1 Å². The summed E-state index contributed by atoms with van der Waals surface area (Å²) in [6.07, 6.45) is 0. The van der Waals surface area contributed by atoms with Crippen LogP contribution in [-0.4, -0.2) is 16.1 Å².